The van der Waals surface area contributed by atoms with Gasteiger partial charge in [0.05, 0.1) is 0 Å². The summed E-state index contributed by atoms with van der Waals surface area (Å²) in [6.45, 7) is 0. The lowest BCUT2D eigenvalue weighted by Crippen LogP contribution is -1.91. The summed E-state index contributed by atoms with van der Waals surface area (Å²) in [6.07, 6.45) is 8.08. The van der Waals surface area contributed by atoms with E-state index in [1.165, 1.54) is 16.7 Å². The van der Waals surface area contributed by atoms with Crippen molar-refractivity contribution in [1.82, 2.24) is 15.0 Å². The molecular formula is C15H13N3. The summed E-state index contributed by atoms with van der Waals surface area (Å²) in [5.41, 5.74) is 3.65. The highest BCUT2D eigenvalue weighted by Crippen LogP contribution is 2.20. The number of rotatable bonds is 3. The Hall–Kier alpha value is -2.42. The zero-order valence-electron chi connectivity index (χ0n) is 9.88. The van der Waals surface area contributed by atoms with Gasteiger partial charge in [-0.05, 0) is 28.8 Å². The molecule has 88 valence electrons. The van der Waals surface area contributed by atoms with Gasteiger partial charge in [0.2, 0.25) is 0 Å². The largest absolute Gasteiger partial charge is 0.348 e. The van der Waals surface area contributed by atoms with Crippen LogP contribution < -0.4 is 0 Å². The van der Waals surface area contributed by atoms with E-state index in [0.717, 1.165) is 12.2 Å². The molecule has 3 nitrogen and oxygen atoms in total. The van der Waals surface area contributed by atoms with Crippen LogP contribution in [0.3, 0.4) is 0 Å². The Morgan fingerprint density at radius 3 is 2.61 bits per heavy atom. The van der Waals surface area contributed by atoms with Crippen LogP contribution in [0.25, 0.3) is 11.1 Å². The van der Waals surface area contributed by atoms with Crippen LogP contribution in [0.4, 0.5) is 0 Å². The number of H-pyrrole nitrogens is 1. The molecule has 3 heteroatoms. The minimum absolute atomic E-state index is 0.825. The fourth-order valence-corrected chi connectivity index (χ4v) is 1.99. The van der Waals surface area contributed by atoms with E-state index in [1.807, 2.05) is 30.7 Å². The van der Waals surface area contributed by atoms with Gasteiger partial charge in [-0.2, -0.15) is 0 Å². The molecule has 2 heterocycles. The number of nitrogens with zero attached hydrogens (tertiary/aromatic N) is 2. The molecule has 0 bridgehead atoms. The molecule has 0 aliphatic rings. The molecule has 3 rings (SSSR count). The Kier molecular flexibility index (Phi) is 2.88. The van der Waals surface area contributed by atoms with Crippen molar-refractivity contribution in [3.63, 3.8) is 0 Å². The van der Waals surface area contributed by atoms with Crippen molar-refractivity contribution in [2.45, 2.75) is 6.42 Å². The minimum Gasteiger partial charge on any atom is -0.348 e. The molecule has 2 aromatic heterocycles. The van der Waals surface area contributed by atoms with Gasteiger partial charge in [0, 0.05) is 31.2 Å². The van der Waals surface area contributed by atoms with E-state index in [4.69, 9.17) is 0 Å². The molecule has 0 saturated carbocycles. The number of pyridine rings is 1. The minimum atomic E-state index is 0.825. The van der Waals surface area contributed by atoms with Gasteiger partial charge in [-0.15, -0.1) is 0 Å². The number of aromatic nitrogens is 3. The van der Waals surface area contributed by atoms with Crippen molar-refractivity contribution >= 4 is 0 Å². The summed E-state index contributed by atoms with van der Waals surface area (Å²) in [7, 11) is 0. The highest BCUT2D eigenvalue weighted by Gasteiger charge is 2.01. The Labute approximate surface area is 106 Å². The van der Waals surface area contributed by atoms with E-state index < -0.39 is 0 Å². The monoisotopic (exact) mass is 235 g/mol. The van der Waals surface area contributed by atoms with Crippen LogP contribution in [0.5, 0.6) is 0 Å². The smallest absolute Gasteiger partial charge is 0.110 e. The third-order valence-corrected chi connectivity index (χ3v) is 2.87. The van der Waals surface area contributed by atoms with Crippen LogP contribution >= 0.6 is 0 Å². The Balaban J connectivity index is 1.90. The van der Waals surface area contributed by atoms with Crippen molar-refractivity contribution in [1.29, 1.82) is 0 Å². The maximum absolute atomic E-state index is 4.25. The summed E-state index contributed by atoms with van der Waals surface area (Å²) in [5.74, 6) is 0.988. The summed E-state index contributed by atoms with van der Waals surface area (Å²) >= 11 is 0. The first-order valence-corrected chi connectivity index (χ1v) is 5.89. The molecule has 3 aromatic rings. The second-order valence-electron chi connectivity index (χ2n) is 4.15. The van der Waals surface area contributed by atoms with Crippen LogP contribution in [0.15, 0.2) is 61.2 Å². The molecule has 0 unspecified atom stereocenters. The summed E-state index contributed by atoms with van der Waals surface area (Å²) in [6, 6.07) is 12.5. The Morgan fingerprint density at radius 2 is 1.83 bits per heavy atom. The van der Waals surface area contributed by atoms with Gasteiger partial charge in [0.15, 0.2) is 0 Å². The second-order valence-corrected chi connectivity index (χ2v) is 4.15. The normalized spacial score (nSPS) is 10.4. The number of imidazole rings is 1. The van der Waals surface area contributed by atoms with E-state index in [-0.39, 0.29) is 0 Å². The number of nitrogens with one attached hydrogen (secondary N) is 1. The molecule has 0 aliphatic carbocycles. The standard InChI is InChI=1S/C15H13N3/c1-2-12(11-15-17-8-9-18-15)10-14(3-1)13-4-6-16-7-5-13/h1-10H,11H2,(H,17,18). The molecule has 1 N–H and O–H groups in total. The third-order valence-electron chi connectivity index (χ3n) is 2.87. The van der Waals surface area contributed by atoms with Gasteiger partial charge in [0.1, 0.15) is 5.82 Å². The first-order valence-electron chi connectivity index (χ1n) is 5.89. The lowest BCUT2D eigenvalue weighted by Gasteiger charge is -2.04. The van der Waals surface area contributed by atoms with Crippen molar-refractivity contribution in [2.75, 3.05) is 0 Å². The topological polar surface area (TPSA) is 41.6 Å². The lowest BCUT2D eigenvalue weighted by atomic mass is 10.0. The number of hydrogen-bond donors (Lipinski definition) is 1. The predicted octanol–water partition coefficient (Wildman–Crippen LogP) is 3.06. The summed E-state index contributed by atoms with van der Waals surface area (Å²) < 4.78 is 0. The van der Waals surface area contributed by atoms with Crippen molar-refractivity contribution in [3.8, 4) is 11.1 Å². The highest BCUT2D eigenvalue weighted by molar-refractivity contribution is 5.63. The van der Waals surface area contributed by atoms with Gasteiger partial charge in [-0.3, -0.25) is 4.98 Å². The average molecular weight is 235 g/mol. The molecule has 0 atom stereocenters. The van der Waals surface area contributed by atoms with Crippen LogP contribution in [0, 0.1) is 0 Å². The SMILES string of the molecule is c1cc(Cc2ncc[nH]2)cc(-c2ccncc2)c1. The van der Waals surface area contributed by atoms with E-state index in [2.05, 4.69) is 39.2 Å². The lowest BCUT2D eigenvalue weighted by molar-refractivity contribution is 1.03. The van der Waals surface area contributed by atoms with Crippen molar-refractivity contribution in [2.24, 2.45) is 0 Å². The number of aromatic amines is 1. The van der Waals surface area contributed by atoms with E-state index >= 15 is 0 Å². The number of benzene rings is 1. The van der Waals surface area contributed by atoms with Crippen LogP contribution in [0.2, 0.25) is 0 Å². The number of hydrogen-bond acceptors (Lipinski definition) is 2. The van der Waals surface area contributed by atoms with Crippen molar-refractivity contribution < 1.29 is 0 Å². The molecular weight excluding hydrogens is 222 g/mol. The molecule has 0 spiro atoms. The van der Waals surface area contributed by atoms with Crippen LogP contribution in [-0.2, 0) is 6.42 Å². The molecule has 0 aliphatic heterocycles. The van der Waals surface area contributed by atoms with Gasteiger partial charge in [-0.25, -0.2) is 4.98 Å². The zero-order chi connectivity index (χ0) is 12.2. The van der Waals surface area contributed by atoms with Crippen LogP contribution in [-0.4, -0.2) is 15.0 Å². The van der Waals surface area contributed by atoms with Gasteiger partial charge < -0.3 is 4.98 Å². The molecule has 0 amide bonds. The quantitative estimate of drug-likeness (QED) is 0.758. The van der Waals surface area contributed by atoms with E-state index in [9.17, 15) is 0 Å². The zero-order valence-corrected chi connectivity index (χ0v) is 9.88. The van der Waals surface area contributed by atoms with Crippen LogP contribution in [0.1, 0.15) is 11.4 Å². The predicted molar refractivity (Wildman–Crippen MR) is 71.1 cm³/mol. The molecule has 0 radical (unpaired) electrons. The van der Waals surface area contributed by atoms with Crippen molar-refractivity contribution in [3.05, 3.63) is 72.6 Å². The van der Waals surface area contributed by atoms with E-state index in [1.54, 1.807) is 6.20 Å². The Morgan fingerprint density at radius 1 is 0.944 bits per heavy atom. The average Bonchev–Trinajstić information content (AvgIpc) is 2.93. The maximum atomic E-state index is 4.25. The maximum Gasteiger partial charge on any atom is 0.110 e. The fourth-order valence-electron chi connectivity index (χ4n) is 1.99. The first kappa shape index (κ1) is 10.7. The molecule has 0 fully saturated rings. The van der Waals surface area contributed by atoms with Gasteiger partial charge in [0.25, 0.3) is 0 Å². The van der Waals surface area contributed by atoms with Gasteiger partial charge in [-0.1, -0.05) is 24.3 Å². The Bertz CT molecular complexity index is 615. The first-order chi connectivity index (χ1) is 8.92. The summed E-state index contributed by atoms with van der Waals surface area (Å²) in [5, 5.41) is 0. The highest BCUT2D eigenvalue weighted by atomic mass is 14.9. The van der Waals surface area contributed by atoms with E-state index in [0.29, 0.717) is 0 Å². The molecule has 1 aromatic carbocycles. The summed E-state index contributed by atoms with van der Waals surface area (Å²) in [4.78, 5) is 11.4. The molecule has 0 saturated heterocycles. The molecule has 18 heavy (non-hydrogen) atoms. The fraction of sp³-hybridized carbons (Fsp3) is 0.0667. The van der Waals surface area contributed by atoms with Gasteiger partial charge >= 0.3 is 0 Å². The third kappa shape index (κ3) is 2.30. The second kappa shape index (κ2) is 4.84.